The summed E-state index contributed by atoms with van der Waals surface area (Å²) in [7, 11) is 0. The summed E-state index contributed by atoms with van der Waals surface area (Å²) in [6.45, 7) is 11.0. The molecular formula is C9H18N4. The van der Waals surface area contributed by atoms with Crippen LogP contribution < -0.4 is 0 Å². The lowest BCUT2D eigenvalue weighted by molar-refractivity contribution is 0.275. The van der Waals surface area contributed by atoms with Gasteiger partial charge in [-0.15, -0.1) is 5.10 Å². The molecule has 0 saturated carbocycles. The van der Waals surface area contributed by atoms with E-state index in [1.54, 1.807) is 0 Å². The van der Waals surface area contributed by atoms with E-state index in [9.17, 15) is 0 Å². The van der Waals surface area contributed by atoms with Crippen molar-refractivity contribution in [1.29, 1.82) is 0 Å². The van der Waals surface area contributed by atoms with Gasteiger partial charge in [0.05, 0.1) is 0 Å². The van der Waals surface area contributed by atoms with Crippen molar-refractivity contribution in [2.24, 2.45) is 5.41 Å². The lowest BCUT2D eigenvalue weighted by atomic mass is 9.76. The number of H-pyrrole nitrogens is 1. The van der Waals surface area contributed by atoms with Crippen LogP contribution in [0.3, 0.4) is 0 Å². The van der Waals surface area contributed by atoms with Gasteiger partial charge >= 0.3 is 0 Å². The van der Waals surface area contributed by atoms with Gasteiger partial charge in [-0.3, -0.25) is 0 Å². The van der Waals surface area contributed by atoms with Crippen molar-refractivity contribution in [3.63, 3.8) is 0 Å². The number of aromatic amines is 1. The van der Waals surface area contributed by atoms with Gasteiger partial charge in [-0.2, -0.15) is 0 Å². The van der Waals surface area contributed by atoms with Gasteiger partial charge in [0.1, 0.15) is 0 Å². The molecule has 1 aromatic heterocycles. The van der Waals surface area contributed by atoms with Crippen LogP contribution in [0.1, 0.15) is 46.9 Å². The van der Waals surface area contributed by atoms with Crippen molar-refractivity contribution in [1.82, 2.24) is 20.6 Å². The van der Waals surface area contributed by atoms with Gasteiger partial charge in [-0.1, -0.05) is 34.6 Å². The Balaban J connectivity index is 2.78. The van der Waals surface area contributed by atoms with E-state index in [2.05, 4.69) is 55.2 Å². The van der Waals surface area contributed by atoms with Crippen LogP contribution in [0, 0.1) is 5.41 Å². The molecule has 0 bridgehead atoms. The minimum atomic E-state index is 0.0156. The quantitative estimate of drug-likeness (QED) is 0.760. The van der Waals surface area contributed by atoms with E-state index in [4.69, 9.17) is 0 Å². The summed E-state index contributed by atoms with van der Waals surface area (Å²) in [5.41, 5.74) is 0.304. The second-order valence-corrected chi connectivity index (χ2v) is 5.37. The highest BCUT2D eigenvalue weighted by atomic mass is 15.5. The van der Waals surface area contributed by atoms with E-state index >= 15 is 0 Å². The minimum Gasteiger partial charge on any atom is -0.242 e. The molecule has 0 radical (unpaired) electrons. The maximum absolute atomic E-state index is 3.96. The normalized spacial score (nSPS) is 13.3. The molecule has 0 aliphatic carbocycles. The molecule has 1 aromatic rings. The van der Waals surface area contributed by atoms with Gasteiger partial charge in [0.2, 0.25) is 0 Å². The largest absolute Gasteiger partial charge is 0.242 e. The first kappa shape index (κ1) is 10.2. The van der Waals surface area contributed by atoms with Crippen LogP contribution in [0.25, 0.3) is 0 Å². The Morgan fingerprint density at radius 2 is 1.77 bits per heavy atom. The molecule has 0 fully saturated rings. The fraction of sp³-hybridized carbons (Fsp3) is 0.889. The summed E-state index contributed by atoms with van der Waals surface area (Å²) >= 11 is 0. The van der Waals surface area contributed by atoms with Crippen molar-refractivity contribution in [3.05, 3.63) is 5.82 Å². The Bertz CT molecular complexity index is 256. The summed E-state index contributed by atoms with van der Waals surface area (Å²) < 4.78 is 0. The molecule has 1 rings (SSSR count). The summed E-state index contributed by atoms with van der Waals surface area (Å²) in [5.74, 6) is 0.863. The molecule has 1 N–H and O–H groups in total. The molecule has 0 amide bonds. The Kier molecular flexibility index (Phi) is 2.41. The zero-order chi connectivity index (χ0) is 10.1. The van der Waals surface area contributed by atoms with Crippen LogP contribution in [0.4, 0.5) is 0 Å². The molecule has 0 saturated heterocycles. The molecule has 4 nitrogen and oxygen atoms in total. The van der Waals surface area contributed by atoms with E-state index in [1.807, 2.05) is 0 Å². The summed E-state index contributed by atoms with van der Waals surface area (Å²) in [5, 5.41) is 14.0. The van der Waals surface area contributed by atoms with E-state index < -0.39 is 0 Å². The average molecular weight is 182 g/mol. The molecule has 13 heavy (non-hydrogen) atoms. The number of tetrazole rings is 1. The fourth-order valence-electron chi connectivity index (χ4n) is 1.86. The van der Waals surface area contributed by atoms with E-state index in [0.717, 1.165) is 12.2 Å². The highest BCUT2D eigenvalue weighted by Gasteiger charge is 2.29. The predicted octanol–water partition coefficient (Wildman–Crippen LogP) is 1.91. The van der Waals surface area contributed by atoms with Crippen LogP contribution in [-0.4, -0.2) is 20.6 Å². The first-order valence-corrected chi connectivity index (χ1v) is 4.55. The first-order valence-electron chi connectivity index (χ1n) is 4.55. The van der Waals surface area contributed by atoms with Crippen molar-refractivity contribution >= 4 is 0 Å². The number of nitrogens with zero attached hydrogens (tertiary/aromatic N) is 3. The zero-order valence-corrected chi connectivity index (χ0v) is 9.05. The highest BCUT2D eigenvalue weighted by Crippen LogP contribution is 2.33. The smallest absolute Gasteiger partial charge is 0.154 e. The van der Waals surface area contributed by atoms with Crippen LogP contribution >= 0.6 is 0 Å². The van der Waals surface area contributed by atoms with Gasteiger partial charge in [0, 0.05) is 5.41 Å². The van der Waals surface area contributed by atoms with Crippen LogP contribution in [0.15, 0.2) is 0 Å². The molecule has 74 valence electrons. The van der Waals surface area contributed by atoms with Gasteiger partial charge < -0.3 is 0 Å². The lowest BCUT2D eigenvalue weighted by Gasteiger charge is -2.29. The van der Waals surface area contributed by atoms with Crippen LogP contribution in [0.2, 0.25) is 0 Å². The number of nitrogens with one attached hydrogen (secondary N) is 1. The summed E-state index contributed by atoms with van der Waals surface area (Å²) in [6.07, 6.45) is 1.05. The second-order valence-electron chi connectivity index (χ2n) is 5.37. The summed E-state index contributed by atoms with van der Waals surface area (Å²) in [6, 6.07) is 0. The van der Waals surface area contributed by atoms with Gasteiger partial charge in [0.25, 0.3) is 0 Å². The van der Waals surface area contributed by atoms with Crippen molar-refractivity contribution < 1.29 is 0 Å². The fourth-order valence-corrected chi connectivity index (χ4v) is 1.86. The lowest BCUT2D eigenvalue weighted by Crippen LogP contribution is -2.26. The Labute approximate surface area is 79.1 Å². The zero-order valence-electron chi connectivity index (χ0n) is 9.05. The van der Waals surface area contributed by atoms with Gasteiger partial charge in [-0.25, -0.2) is 5.10 Å². The monoisotopic (exact) mass is 182 g/mol. The Morgan fingerprint density at radius 3 is 2.15 bits per heavy atom. The van der Waals surface area contributed by atoms with E-state index in [0.29, 0.717) is 0 Å². The molecule has 0 aromatic carbocycles. The Hall–Kier alpha value is -0.930. The summed E-state index contributed by atoms with van der Waals surface area (Å²) in [4.78, 5) is 0. The molecule has 1 heterocycles. The molecule has 0 unspecified atom stereocenters. The maximum atomic E-state index is 3.96. The second kappa shape index (κ2) is 3.09. The van der Waals surface area contributed by atoms with Crippen molar-refractivity contribution in [3.8, 4) is 0 Å². The molecule has 4 heteroatoms. The van der Waals surface area contributed by atoms with E-state index in [-0.39, 0.29) is 10.8 Å². The predicted molar refractivity (Wildman–Crippen MR) is 51.3 cm³/mol. The van der Waals surface area contributed by atoms with Gasteiger partial charge in [-0.05, 0) is 22.3 Å². The molecule has 0 aliphatic heterocycles. The van der Waals surface area contributed by atoms with Gasteiger partial charge in [0.15, 0.2) is 5.82 Å². The third-order valence-corrected chi connectivity index (χ3v) is 1.96. The third kappa shape index (κ3) is 2.79. The number of rotatable bonds is 2. The van der Waals surface area contributed by atoms with Crippen molar-refractivity contribution in [2.45, 2.75) is 46.5 Å². The highest BCUT2D eigenvalue weighted by molar-refractivity contribution is 5.00. The molecule has 0 atom stereocenters. The number of hydrogen-bond acceptors (Lipinski definition) is 3. The average Bonchev–Trinajstić information content (AvgIpc) is 2.29. The van der Waals surface area contributed by atoms with Crippen molar-refractivity contribution in [2.75, 3.05) is 0 Å². The Morgan fingerprint density at radius 1 is 1.15 bits per heavy atom. The third-order valence-electron chi connectivity index (χ3n) is 1.96. The molecule has 0 aliphatic rings. The first-order chi connectivity index (χ1) is 5.81. The number of aromatic nitrogens is 4. The van der Waals surface area contributed by atoms with Crippen LogP contribution in [0.5, 0.6) is 0 Å². The molecule has 0 spiro atoms. The molecular weight excluding hydrogens is 164 g/mol. The minimum absolute atomic E-state index is 0.0156. The maximum Gasteiger partial charge on any atom is 0.154 e. The van der Waals surface area contributed by atoms with Crippen LogP contribution in [-0.2, 0) is 5.41 Å². The SMILES string of the molecule is CC(C)(C)CC(C)(C)c1nnn[nH]1. The van der Waals surface area contributed by atoms with E-state index in [1.165, 1.54) is 0 Å². The topological polar surface area (TPSA) is 54.5 Å². The standard InChI is InChI=1S/C9H18N4/c1-8(2,3)6-9(4,5)7-10-12-13-11-7/h6H2,1-5H3,(H,10,11,12,13). The number of hydrogen-bond donors (Lipinski definition) is 1.